The van der Waals surface area contributed by atoms with E-state index in [0.717, 1.165) is 10.0 Å². The van der Waals surface area contributed by atoms with Gasteiger partial charge in [0.25, 0.3) is 5.56 Å². The summed E-state index contributed by atoms with van der Waals surface area (Å²) < 4.78 is 1.64. The molecule has 0 aromatic carbocycles. The van der Waals surface area contributed by atoms with Crippen LogP contribution in [0.4, 0.5) is 0 Å². The first kappa shape index (κ1) is 12.6. The first-order chi connectivity index (χ1) is 10.3. The van der Waals surface area contributed by atoms with E-state index in [1.807, 2.05) is 6.07 Å². The minimum Gasteiger partial charge on any atom is -0.308 e. The van der Waals surface area contributed by atoms with Crippen LogP contribution in [-0.2, 0) is 6.54 Å². The van der Waals surface area contributed by atoms with E-state index >= 15 is 0 Å². The zero-order valence-electron chi connectivity index (χ0n) is 11.3. The molecule has 4 rings (SSSR count). The van der Waals surface area contributed by atoms with E-state index < -0.39 is 0 Å². The van der Waals surface area contributed by atoms with Gasteiger partial charge in [-0.05, 0) is 18.9 Å². The quantitative estimate of drug-likeness (QED) is 0.739. The molecule has 0 bridgehead atoms. The Bertz CT molecular complexity index is 852. The van der Waals surface area contributed by atoms with Crippen LogP contribution in [0.3, 0.4) is 0 Å². The Hall–Kier alpha value is -2.15. The van der Waals surface area contributed by atoms with Crippen LogP contribution in [-0.4, -0.2) is 24.7 Å². The summed E-state index contributed by atoms with van der Waals surface area (Å²) in [6.45, 7) is 0.452. The van der Waals surface area contributed by atoms with Gasteiger partial charge in [0.05, 0.1) is 17.4 Å². The van der Waals surface area contributed by atoms with Crippen molar-refractivity contribution in [3.63, 3.8) is 0 Å². The molecule has 6 nitrogen and oxygen atoms in total. The van der Waals surface area contributed by atoms with Crippen LogP contribution >= 0.6 is 11.3 Å². The van der Waals surface area contributed by atoms with Crippen LogP contribution in [0.5, 0.6) is 0 Å². The lowest BCUT2D eigenvalue weighted by molar-refractivity contribution is 0.416. The lowest BCUT2D eigenvalue weighted by Crippen LogP contribution is -2.20. The number of nitrogens with zero attached hydrogens (tertiary/aromatic N) is 5. The largest absolute Gasteiger partial charge is 0.308 e. The van der Waals surface area contributed by atoms with Gasteiger partial charge in [-0.3, -0.25) is 4.79 Å². The first-order valence-corrected chi connectivity index (χ1v) is 7.74. The summed E-state index contributed by atoms with van der Waals surface area (Å²) in [7, 11) is 0. The standard InChI is InChI=1S/C14H13N5OS/c20-14-10-6-15-8-16-11(10)4-5-19(14)7-12-17-18-13(21-12)9-2-1-3-9/h4-6,8-9H,1-3,7H2. The number of hydrogen-bond acceptors (Lipinski definition) is 6. The van der Waals surface area contributed by atoms with Crippen molar-refractivity contribution < 1.29 is 0 Å². The van der Waals surface area contributed by atoms with Crippen molar-refractivity contribution >= 4 is 22.2 Å². The van der Waals surface area contributed by atoms with Crippen molar-refractivity contribution in [2.24, 2.45) is 0 Å². The van der Waals surface area contributed by atoms with E-state index in [1.165, 1.54) is 25.6 Å². The highest BCUT2D eigenvalue weighted by molar-refractivity contribution is 7.11. The minimum atomic E-state index is -0.0894. The van der Waals surface area contributed by atoms with Crippen LogP contribution in [0, 0.1) is 0 Å². The molecule has 21 heavy (non-hydrogen) atoms. The fourth-order valence-corrected chi connectivity index (χ4v) is 3.45. The van der Waals surface area contributed by atoms with Crippen LogP contribution in [0.1, 0.15) is 35.2 Å². The highest BCUT2D eigenvalue weighted by Crippen LogP contribution is 2.37. The summed E-state index contributed by atoms with van der Waals surface area (Å²) in [5, 5.41) is 11.0. The average Bonchev–Trinajstić information content (AvgIpc) is 2.88. The normalized spacial score (nSPS) is 15.2. The molecule has 3 heterocycles. The van der Waals surface area contributed by atoms with Crippen molar-refractivity contribution in [3.05, 3.63) is 45.2 Å². The number of pyridine rings is 1. The first-order valence-electron chi connectivity index (χ1n) is 6.93. The molecular weight excluding hydrogens is 286 g/mol. The number of aromatic nitrogens is 5. The Morgan fingerprint density at radius 1 is 1.33 bits per heavy atom. The van der Waals surface area contributed by atoms with Crippen molar-refractivity contribution in [2.45, 2.75) is 31.7 Å². The molecule has 0 unspecified atom stereocenters. The summed E-state index contributed by atoms with van der Waals surface area (Å²) in [5.41, 5.74) is 0.576. The van der Waals surface area contributed by atoms with Crippen molar-refractivity contribution in [1.29, 1.82) is 0 Å². The Morgan fingerprint density at radius 3 is 3.05 bits per heavy atom. The maximum atomic E-state index is 12.4. The second kappa shape index (κ2) is 5.00. The van der Waals surface area contributed by atoms with Gasteiger partial charge in [-0.2, -0.15) is 0 Å². The Morgan fingerprint density at radius 2 is 2.24 bits per heavy atom. The third-order valence-corrected chi connectivity index (χ3v) is 4.96. The molecule has 0 aliphatic heterocycles. The maximum absolute atomic E-state index is 12.4. The van der Waals surface area contributed by atoms with Crippen LogP contribution in [0.25, 0.3) is 10.9 Å². The Kier molecular flexibility index (Phi) is 2.99. The van der Waals surface area contributed by atoms with Crippen molar-refractivity contribution in [2.75, 3.05) is 0 Å². The molecule has 3 aromatic rings. The molecule has 0 spiro atoms. The predicted molar refractivity (Wildman–Crippen MR) is 79.4 cm³/mol. The molecule has 0 radical (unpaired) electrons. The van der Waals surface area contributed by atoms with Gasteiger partial charge in [0.15, 0.2) is 0 Å². The lowest BCUT2D eigenvalue weighted by atomic mass is 9.86. The van der Waals surface area contributed by atoms with E-state index in [9.17, 15) is 4.79 Å². The molecule has 106 valence electrons. The summed E-state index contributed by atoms with van der Waals surface area (Å²) in [5.74, 6) is 0.581. The maximum Gasteiger partial charge on any atom is 0.261 e. The highest BCUT2D eigenvalue weighted by Gasteiger charge is 2.23. The number of rotatable bonds is 3. The number of fused-ring (bicyclic) bond motifs is 1. The summed E-state index contributed by atoms with van der Waals surface area (Å²) in [4.78, 5) is 20.4. The molecule has 1 fully saturated rings. The topological polar surface area (TPSA) is 73.6 Å². The molecule has 1 saturated carbocycles. The second-order valence-electron chi connectivity index (χ2n) is 5.23. The SMILES string of the molecule is O=c1c2cncnc2ccn1Cc1nnc(C2CCC2)s1. The molecule has 1 aliphatic rings. The Labute approximate surface area is 124 Å². The van der Waals surface area contributed by atoms with Gasteiger partial charge in [-0.1, -0.05) is 17.8 Å². The van der Waals surface area contributed by atoms with Gasteiger partial charge >= 0.3 is 0 Å². The molecule has 0 amide bonds. The summed E-state index contributed by atoms with van der Waals surface area (Å²) in [6, 6.07) is 1.83. The van der Waals surface area contributed by atoms with Crippen molar-refractivity contribution in [3.8, 4) is 0 Å². The minimum absolute atomic E-state index is 0.0894. The van der Waals surface area contributed by atoms with E-state index in [-0.39, 0.29) is 5.56 Å². The predicted octanol–water partition coefficient (Wildman–Crippen LogP) is 1.96. The van der Waals surface area contributed by atoms with Gasteiger partial charge in [0.2, 0.25) is 0 Å². The second-order valence-corrected chi connectivity index (χ2v) is 6.33. The fraction of sp³-hybridized carbons (Fsp3) is 0.357. The number of hydrogen-bond donors (Lipinski definition) is 0. The van der Waals surface area contributed by atoms with E-state index in [4.69, 9.17) is 0 Å². The Balaban J connectivity index is 1.66. The van der Waals surface area contributed by atoms with Crippen LogP contribution in [0.15, 0.2) is 29.6 Å². The van der Waals surface area contributed by atoms with E-state index in [1.54, 1.807) is 28.3 Å². The summed E-state index contributed by atoms with van der Waals surface area (Å²) >= 11 is 1.61. The van der Waals surface area contributed by atoms with Gasteiger partial charge in [-0.15, -0.1) is 10.2 Å². The monoisotopic (exact) mass is 299 g/mol. The third kappa shape index (κ3) is 2.23. The fourth-order valence-electron chi connectivity index (χ4n) is 2.44. The van der Waals surface area contributed by atoms with Gasteiger partial charge in [0, 0.05) is 18.3 Å². The zero-order chi connectivity index (χ0) is 14.2. The molecule has 3 aromatic heterocycles. The van der Waals surface area contributed by atoms with E-state index in [2.05, 4.69) is 20.2 Å². The molecule has 7 heteroatoms. The van der Waals surface area contributed by atoms with Crippen LogP contribution in [0.2, 0.25) is 0 Å². The molecule has 1 aliphatic carbocycles. The molecule has 0 atom stereocenters. The zero-order valence-corrected chi connectivity index (χ0v) is 12.1. The van der Waals surface area contributed by atoms with Gasteiger partial charge in [-0.25, -0.2) is 9.97 Å². The van der Waals surface area contributed by atoms with E-state index in [0.29, 0.717) is 23.4 Å². The van der Waals surface area contributed by atoms with Crippen molar-refractivity contribution in [1.82, 2.24) is 24.7 Å². The summed E-state index contributed by atoms with van der Waals surface area (Å²) in [6.07, 6.45) is 8.46. The smallest absolute Gasteiger partial charge is 0.261 e. The molecular formula is C14H13N5OS. The van der Waals surface area contributed by atoms with Gasteiger partial charge < -0.3 is 4.57 Å². The third-order valence-electron chi connectivity index (χ3n) is 3.89. The van der Waals surface area contributed by atoms with Gasteiger partial charge in [0.1, 0.15) is 16.3 Å². The molecule has 0 N–H and O–H groups in total. The highest BCUT2D eigenvalue weighted by atomic mass is 32.1. The average molecular weight is 299 g/mol. The van der Waals surface area contributed by atoms with Crippen LogP contribution < -0.4 is 5.56 Å². The molecule has 0 saturated heterocycles. The lowest BCUT2D eigenvalue weighted by Gasteiger charge is -2.21.